The van der Waals surface area contributed by atoms with Crippen LogP contribution in [-0.4, -0.2) is 33.9 Å². The van der Waals surface area contributed by atoms with Gasteiger partial charge in [0.05, 0.1) is 11.4 Å². The number of benzene rings is 2. The van der Waals surface area contributed by atoms with Crippen molar-refractivity contribution in [3.8, 4) is 5.69 Å². The number of rotatable bonds is 5. The second-order valence-corrected chi connectivity index (χ2v) is 8.82. The average molecular weight is 475 g/mol. The third kappa shape index (κ3) is 4.59. The molecule has 1 aliphatic heterocycles. The highest BCUT2D eigenvalue weighted by Crippen LogP contribution is 2.28. The third-order valence-corrected chi connectivity index (χ3v) is 6.04. The monoisotopic (exact) mass is 474 g/mol. The molecule has 2 heterocycles. The SMILES string of the molecule is Cc1cc(C)c(-n2c(C)cc(/C=C3/NC(=O)N(CC(=O)Nc4ccccc4F)C3=O)c2C)c(C)c1. The van der Waals surface area contributed by atoms with Gasteiger partial charge in [0.15, 0.2) is 0 Å². The molecule has 35 heavy (non-hydrogen) atoms. The fourth-order valence-corrected chi connectivity index (χ4v) is 4.57. The molecule has 0 radical (unpaired) electrons. The first-order valence-electron chi connectivity index (χ1n) is 11.2. The molecule has 0 bridgehead atoms. The van der Waals surface area contributed by atoms with Crippen molar-refractivity contribution in [1.82, 2.24) is 14.8 Å². The first-order valence-corrected chi connectivity index (χ1v) is 11.2. The molecule has 0 spiro atoms. The van der Waals surface area contributed by atoms with Gasteiger partial charge >= 0.3 is 6.03 Å². The van der Waals surface area contributed by atoms with Crippen LogP contribution in [0.25, 0.3) is 11.8 Å². The second-order valence-electron chi connectivity index (χ2n) is 8.82. The van der Waals surface area contributed by atoms with Crippen LogP contribution in [-0.2, 0) is 9.59 Å². The average Bonchev–Trinajstić information content (AvgIpc) is 3.19. The Kier molecular flexibility index (Phi) is 6.30. The summed E-state index contributed by atoms with van der Waals surface area (Å²) in [5.74, 6) is -1.90. The number of nitrogens with one attached hydrogen (secondary N) is 2. The van der Waals surface area contributed by atoms with Gasteiger partial charge in [-0.15, -0.1) is 0 Å². The summed E-state index contributed by atoms with van der Waals surface area (Å²) in [6.07, 6.45) is 1.62. The lowest BCUT2D eigenvalue weighted by Gasteiger charge is -2.17. The van der Waals surface area contributed by atoms with Crippen LogP contribution < -0.4 is 10.6 Å². The first kappa shape index (κ1) is 23.9. The van der Waals surface area contributed by atoms with Gasteiger partial charge in [-0.25, -0.2) is 14.1 Å². The van der Waals surface area contributed by atoms with Gasteiger partial charge in [-0.3, -0.25) is 9.59 Å². The number of aryl methyl sites for hydroxylation is 4. The van der Waals surface area contributed by atoms with Crippen molar-refractivity contribution < 1.29 is 18.8 Å². The van der Waals surface area contributed by atoms with E-state index in [-0.39, 0.29) is 11.4 Å². The zero-order valence-electron chi connectivity index (χ0n) is 20.3. The quantitative estimate of drug-likeness (QED) is 0.416. The molecule has 1 saturated heterocycles. The van der Waals surface area contributed by atoms with E-state index >= 15 is 0 Å². The third-order valence-electron chi connectivity index (χ3n) is 6.04. The van der Waals surface area contributed by atoms with E-state index in [9.17, 15) is 18.8 Å². The largest absolute Gasteiger partial charge is 0.329 e. The van der Waals surface area contributed by atoms with Gasteiger partial charge in [-0.2, -0.15) is 0 Å². The summed E-state index contributed by atoms with van der Waals surface area (Å²) in [5.41, 5.74) is 7.30. The number of carbonyl (C=O) groups is 3. The smallest absolute Gasteiger partial charge is 0.322 e. The van der Waals surface area contributed by atoms with Gasteiger partial charge in [-0.1, -0.05) is 29.8 Å². The molecule has 2 N–H and O–H groups in total. The summed E-state index contributed by atoms with van der Waals surface area (Å²) in [7, 11) is 0. The van der Waals surface area contributed by atoms with Crippen molar-refractivity contribution in [2.24, 2.45) is 0 Å². The Morgan fingerprint density at radius 1 is 1.03 bits per heavy atom. The van der Waals surface area contributed by atoms with Gasteiger partial charge in [0, 0.05) is 11.4 Å². The highest BCUT2D eigenvalue weighted by atomic mass is 19.1. The summed E-state index contributed by atoms with van der Waals surface area (Å²) >= 11 is 0. The Balaban J connectivity index is 1.58. The highest BCUT2D eigenvalue weighted by Gasteiger charge is 2.35. The lowest BCUT2D eigenvalue weighted by Crippen LogP contribution is -2.38. The standard InChI is InChI=1S/C27H27FN4O3/c1-15-10-16(2)25(17(3)11-15)32-18(4)12-20(19(32)5)13-23-26(34)31(27(35)30-23)14-24(33)29-22-9-7-6-8-21(22)28/h6-13H,14H2,1-5H3,(H,29,33)(H,30,35)/b23-13+. The van der Waals surface area contributed by atoms with Crippen molar-refractivity contribution in [2.45, 2.75) is 34.6 Å². The number of para-hydroxylation sites is 1. The number of hydrogen-bond donors (Lipinski definition) is 2. The molecule has 4 amide bonds. The number of hydrogen-bond acceptors (Lipinski definition) is 3. The highest BCUT2D eigenvalue weighted by molar-refractivity contribution is 6.16. The minimum Gasteiger partial charge on any atom is -0.322 e. The Morgan fingerprint density at radius 3 is 2.34 bits per heavy atom. The summed E-state index contributed by atoms with van der Waals surface area (Å²) in [6, 6.07) is 11.2. The van der Waals surface area contributed by atoms with Gasteiger partial charge in [-0.05, 0) is 75.6 Å². The van der Waals surface area contributed by atoms with Crippen molar-refractivity contribution in [2.75, 3.05) is 11.9 Å². The predicted molar refractivity (Wildman–Crippen MR) is 133 cm³/mol. The van der Waals surface area contributed by atoms with Gasteiger partial charge in [0.2, 0.25) is 5.91 Å². The van der Waals surface area contributed by atoms with Crippen LogP contribution in [0.15, 0.2) is 48.2 Å². The number of urea groups is 1. The molecule has 1 fully saturated rings. The minimum atomic E-state index is -0.705. The fraction of sp³-hybridized carbons (Fsp3) is 0.222. The molecule has 0 aliphatic carbocycles. The van der Waals surface area contributed by atoms with Crippen LogP contribution in [0, 0.1) is 40.4 Å². The molecule has 3 aromatic rings. The number of anilines is 1. The van der Waals surface area contributed by atoms with Crippen LogP contribution in [0.5, 0.6) is 0 Å². The Morgan fingerprint density at radius 2 is 1.69 bits per heavy atom. The molecule has 7 nitrogen and oxygen atoms in total. The molecule has 1 aromatic heterocycles. The Hall–Kier alpha value is -4.20. The van der Waals surface area contributed by atoms with Crippen LogP contribution in [0.3, 0.4) is 0 Å². The molecule has 8 heteroatoms. The van der Waals surface area contributed by atoms with E-state index in [1.807, 2.05) is 19.9 Å². The van der Waals surface area contributed by atoms with Gasteiger partial charge in [0.25, 0.3) is 5.91 Å². The molecule has 0 unspecified atom stereocenters. The molecule has 2 aromatic carbocycles. The second kappa shape index (κ2) is 9.21. The van der Waals surface area contributed by atoms with E-state index in [1.165, 1.54) is 23.8 Å². The number of nitrogens with zero attached hydrogens (tertiary/aromatic N) is 2. The number of imide groups is 1. The minimum absolute atomic E-state index is 0.0190. The molecule has 0 saturated carbocycles. The number of carbonyl (C=O) groups excluding carboxylic acids is 3. The molecular formula is C27H27FN4O3. The maximum atomic E-state index is 13.8. The van der Waals surface area contributed by atoms with E-state index in [1.54, 1.807) is 12.1 Å². The van der Waals surface area contributed by atoms with Crippen molar-refractivity contribution in [3.05, 3.63) is 87.6 Å². The predicted octanol–water partition coefficient (Wildman–Crippen LogP) is 4.69. The lowest BCUT2D eigenvalue weighted by molar-refractivity contribution is -0.127. The van der Waals surface area contributed by atoms with Crippen LogP contribution in [0.2, 0.25) is 0 Å². The van der Waals surface area contributed by atoms with E-state index in [2.05, 4.69) is 48.1 Å². The zero-order chi connectivity index (χ0) is 25.4. The van der Waals surface area contributed by atoms with E-state index in [0.29, 0.717) is 0 Å². The maximum absolute atomic E-state index is 13.8. The summed E-state index contributed by atoms with van der Waals surface area (Å²) in [5, 5.41) is 4.93. The van der Waals surface area contributed by atoms with Gasteiger partial charge < -0.3 is 15.2 Å². The van der Waals surface area contributed by atoms with Crippen molar-refractivity contribution >= 4 is 29.6 Å². The van der Waals surface area contributed by atoms with E-state index in [0.717, 1.165) is 38.7 Å². The topological polar surface area (TPSA) is 83.4 Å². The summed E-state index contributed by atoms with van der Waals surface area (Å²) in [4.78, 5) is 38.5. The Labute approximate surface area is 203 Å². The molecule has 4 rings (SSSR count). The van der Waals surface area contributed by atoms with Crippen LogP contribution in [0.1, 0.15) is 33.6 Å². The normalized spacial score (nSPS) is 14.6. The van der Waals surface area contributed by atoms with Crippen LogP contribution >= 0.6 is 0 Å². The first-order chi connectivity index (χ1) is 16.6. The summed E-state index contributed by atoms with van der Waals surface area (Å²) < 4.78 is 15.9. The van der Waals surface area contributed by atoms with E-state index < -0.39 is 30.2 Å². The zero-order valence-corrected chi connectivity index (χ0v) is 20.3. The van der Waals surface area contributed by atoms with Crippen LogP contribution in [0.4, 0.5) is 14.9 Å². The fourth-order valence-electron chi connectivity index (χ4n) is 4.57. The lowest BCUT2D eigenvalue weighted by atomic mass is 10.0. The molecular weight excluding hydrogens is 447 g/mol. The molecule has 1 aliphatic rings. The van der Waals surface area contributed by atoms with Crippen molar-refractivity contribution in [3.63, 3.8) is 0 Å². The number of halogens is 1. The summed E-state index contributed by atoms with van der Waals surface area (Å²) in [6.45, 7) is 9.61. The number of amides is 4. The maximum Gasteiger partial charge on any atom is 0.329 e. The van der Waals surface area contributed by atoms with E-state index in [4.69, 9.17) is 0 Å². The van der Waals surface area contributed by atoms with Crippen molar-refractivity contribution in [1.29, 1.82) is 0 Å². The van der Waals surface area contributed by atoms with Gasteiger partial charge in [0.1, 0.15) is 18.1 Å². The Bertz CT molecular complexity index is 1380. The molecule has 0 atom stereocenters. The number of aromatic nitrogens is 1. The molecule has 180 valence electrons.